The van der Waals surface area contributed by atoms with Gasteiger partial charge in [0.05, 0.1) is 12.5 Å². The molecule has 0 saturated carbocycles. The van der Waals surface area contributed by atoms with Crippen molar-refractivity contribution < 1.29 is 23.5 Å². The molecule has 0 aliphatic carbocycles. The van der Waals surface area contributed by atoms with Gasteiger partial charge < -0.3 is 18.8 Å². The normalized spacial score (nSPS) is 17.6. The van der Waals surface area contributed by atoms with E-state index in [4.69, 9.17) is 8.83 Å². The van der Waals surface area contributed by atoms with Gasteiger partial charge in [0.25, 0.3) is 5.91 Å². The fourth-order valence-corrected chi connectivity index (χ4v) is 2.65. The smallest absolute Gasteiger partial charge is 0.331 e. The average Bonchev–Trinajstić information content (AvgIpc) is 3.04. The van der Waals surface area contributed by atoms with Crippen LogP contribution in [-0.4, -0.2) is 28.4 Å². The highest BCUT2D eigenvalue weighted by atomic mass is 16.4. The predicted octanol–water partition coefficient (Wildman–Crippen LogP) is 2.31. The molecule has 1 amide bonds. The van der Waals surface area contributed by atoms with Gasteiger partial charge in [-0.15, -0.1) is 0 Å². The summed E-state index contributed by atoms with van der Waals surface area (Å²) in [5.74, 6) is -0.657. The van der Waals surface area contributed by atoms with E-state index in [1.165, 1.54) is 17.4 Å². The van der Waals surface area contributed by atoms with Gasteiger partial charge in [-0.2, -0.15) is 0 Å². The molecule has 2 aromatic heterocycles. The van der Waals surface area contributed by atoms with Crippen molar-refractivity contribution in [3.05, 3.63) is 46.8 Å². The molecule has 3 heterocycles. The van der Waals surface area contributed by atoms with Gasteiger partial charge in [0, 0.05) is 24.1 Å². The minimum Gasteiger partial charge on any atom is -0.479 e. The van der Waals surface area contributed by atoms with Crippen LogP contribution in [0.15, 0.2) is 27.4 Å². The summed E-state index contributed by atoms with van der Waals surface area (Å²) in [5, 5.41) is 9.48. The summed E-state index contributed by atoms with van der Waals surface area (Å²) in [6.45, 7) is 3.92. The molecule has 3 rings (SSSR count). The van der Waals surface area contributed by atoms with Gasteiger partial charge in [-0.05, 0) is 25.5 Å². The summed E-state index contributed by atoms with van der Waals surface area (Å²) < 4.78 is 10.6. The lowest BCUT2D eigenvalue weighted by molar-refractivity contribution is -0.143. The number of carbonyl (C=O) groups excluding carboxylic acids is 1. The number of rotatable bonds is 2. The SMILES string of the molecule is Cc1coc(C(=O)N2CCc3occc3C2C(=O)O)c1C. The number of amides is 1. The van der Waals surface area contributed by atoms with E-state index in [2.05, 4.69) is 0 Å². The Morgan fingerprint density at radius 2 is 2.10 bits per heavy atom. The molecule has 2 aromatic rings. The van der Waals surface area contributed by atoms with Crippen LogP contribution in [-0.2, 0) is 11.2 Å². The number of carboxylic acids is 1. The third kappa shape index (κ3) is 2.03. The molecule has 0 aromatic carbocycles. The van der Waals surface area contributed by atoms with E-state index in [9.17, 15) is 14.7 Å². The van der Waals surface area contributed by atoms with Crippen LogP contribution >= 0.6 is 0 Å². The Bertz CT molecular complexity index is 711. The maximum absolute atomic E-state index is 12.6. The Labute approximate surface area is 121 Å². The Hall–Kier alpha value is -2.50. The topological polar surface area (TPSA) is 83.9 Å². The van der Waals surface area contributed by atoms with Crippen LogP contribution in [0, 0.1) is 13.8 Å². The van der Waals surface area contributed by atoms with E-state index in [-0.39, 0.29) is 12.3 Å². The number of aryl methyl sites for hydroxylation is 1. The minimum absolute atomic E-state index is 0.200. The van der Waals surface area contributed by atoms with E-state index < -0.39 is 17.9 Å². The third-order valence-electron chi connectivity index (χ3n) is 3.94. The largest absolute Gasteiger partial charge is 0.479 e. The lowest BCUT2D eigenvalue weighted by atomic mass is 9.98. The fraction of sp³-hybridized carbons (Fsp3) is 0.333. The van der Waals surface area contributed by atoms with Crippen molar-refractivity contribution in [1.29, 1.82) is 0 Å². The fourth-order valence-electron chi connectivity index (χ4n) is 2.65. The molecule has 0 saturated heterocycles. The van der Waals surface area contributed by atoms with Crippen LogP contribution in [0.5, 0.6) is 0 Å². The summed E-state index contributed by atoms with van der Waals surface area (Å²) in [5.41, 5.74) is 2.14. The van der Waals surface area contributed by atoms with Crippen molar-refractivity contribution in [3.8, 4) is 0 Å². The summed E-state index contributed by atoms with van der Waals surface area (Å²) in [6.07, 6.45) is 3.46. The zero-order chi connectivity index (χ0) is 15.1. The van der Waals surface area contributed by atoms with Gasteiger partial charge in [-0.1, -0.05) is 0 Å². The van der Waals surface area contributed by atoms with E-state index in [1.807, 2.05) is 6.92 Å². The first kappa shape index (κ1) is 13.5. The predicted molar refractivity (Wildman–Crippen MR) is 72.0 cm³/mol. The molecule has 0 bridgehead atoms. The number of hydrogen-bond acceptors (Lipinski definition) is 4. The Morgan fingerprint density at radius 1 is 1.33 bits per heavy atom. The van der Waals surface area contributed by atoms with Crippen molar-refractivity contribution in [2.75, 3.05) is 6.54 Å². The number of aliphatic carboxylic acids is 1. The summed E-state index contributed by atoms with van der Waals surface area (Å²) >= 11 is 0. The highest BCUT2D eigenvalue weighted by molar-refractivity contribution is 5.96. The number of carboxylic acid groups (broad SMARTS) is 1. The number of carbonyl (C=O) groups is 2. The van der Waals surface area contributed by atoms with E-state index in [1.54, 1.807) is 13.0 Å². The van der Waals surface area contributed by atoms with Gasteiger partial charge in [0.15, 0.2) is 11.8 Å². The second kappa shape index (κ2) is 4.80. The quantitative estimate of drug-likeness (QED) is 0.917. The summed E-state index contributed by atoms with van der Waals surface area (Å²) in [6, 6.07) is 0.568. The van der Waals surface area contributed by atoms with Crippen LogP contribution in [0.25, 0.3) is 0 Å². The van der Waals surface area contributed by atoms with Crippen LogP contribution in [0.2, 0.25) is 0 Å². The van der Waals surface area contributed by atoms with E-state index in [0.29, 0.717) is 17.7 Å². The Kier molecular flexibility index (Phi) is 3.08. The van der Waals surface area contributed by atoms with Crippen molar-refractivity contribution in [2.45, 2.75) is 26.3 Å². The van der Waals surface area contributed by atoms with E-state index >= 15 is 0 Å². The number of hydrogen-bond donors (Lipinski definition) is 1. The molecule has 1 aliphatic heterocycles. The number of nitrogens with zero attached hydrogens (tertiary/aromatic N) is 1. The van der Waals surface area contributed by atoms with Crippen molar-refractivity contribution in [1.82, 2.24) is 4.90 Å². The first-order valence-electron chi connectivity index (χ1n) is 6.65. The molecule has 0 radical (unpaired) electrons. The van der Waals surface area contributed by atoms with Crippen LogP contribution in [0.3, 0.4) is 0 Å². The van der Waals surface area contributed by atoms with Crippen molar-refractivity contribution in [2.24, 2.45) is 0 Å². The molecule has 1 unspecified atom stereocenters. The Morgan fingerprint density at radius 3 is 2.71 bits per heavy atom. The van der Waals surface area contributed by atoms with Gasteiger partial charge >= 0.3 is 5.97 Å². The van der Waals surface area contributed by atoms with Gasteiger partial charge in [-0.25, -0.2) is 4.79 Å². The second-order valence-electron chi connectivity index (χ2n) is 5.16. The monoisotopic (exact) mass is 289 g/mol. The molecule has 110 valence electrons. The lowest BCUT2D eigenvalue weighted by Crippen LogP contribution is -2.43. The van der Waals surface area contributed by atoms with Crippen LogP contribution in [0.1, 0.15) is 39.0 Å². The Balaban J connectivity index is 2.00. The standard InChI is InChI=1S/C15H15NO5/c1-8-7-21-13(9(8)2)14(17)16-5-3-11-10(4-6-20-11)12(16)15(18)19/h4,6-7,12H,3,5H2,1-2H3,(H,18,19). The molecule has 21 heavy (non-hydrogen) atoms. The van der Waals surface area contributed by atoms with Gasteiger partial charge in [0.2, 0.25) is 0 Å². The summed E-state index contributed by atoms with van der Waals surface area (Å²) in [4.78, 5) is 25.5. The van der Waals surface area contributed by atoms with Crippen LogP contribution in [0.4, 0.5) is 0 Å². The molecule has 0 spiro atoms. The molecule has 1 N–H and O–H groups in total. The van der Waals surface area contributed by atoms with Crippen molar-refractivity contribution in [3.63, 3.8) is 0 Å². The average molecular weight is 289 g/mol. The summed E-state index contributed by atoms with van der Waals surface area (Å²) in [7, 11) is 0. The van der Waals surface area contributed by atoms with Gasteiger partial charge in [-0.3, -0.25) is 4.79 Å². The highest BCUT2D eigenvalue weighted by Crippen LogP contribution is 2.32. The molecular formula is C15H15NO5. The zero-order valence-corrected chi connectivity index (χ0v) is 11.8. The first-order chi connectivity index (χ1) is 10.0. The van der Waals surface area contributed by atoms with Gasteiger partial charge in [0.1, 0.15) is 5.76 Å². The number of fused-ring (bicyclic) bond motifs is 1. The first-order valence-corrected chi connectivity index (χ1v) is 6.65. The highest BCUT2D eigenvalue weighted by Gasteiger charge is 2.39. The zero-order valence-electron chi connectivity index (χ0n) is 11.8. The number of furan rings is 2. The van der Waals surface area contributed by atoms with Crippen molar-refractivity contribution >= 4 is 11.9 Å². The maximum Gasteiger partial charge on any atom is 0.331 e. The molecule has 1 atom stereocenters. The lowest BCUT2D eigenvalue weighted by Gasteiger charge is -2.31. The minimum atomic E-state index is -1.08. The third-order valence-corrected chi connectivity index (χ3v) is 3.94. The molecule has 1 aliphatic rings. The molecule has 6 nitrogen and oxygen atoms in total. The van der Waals surface area contributed by atoms with Crippen LogP contribution < -0.4 is 0 Å². The molecule has 0 fully saturated rings. The molecule has 6 heteroatoms. The van der Waals surface area contributed by atoms with E-state index in [0.717, 1.165) is 11.1 Å². The maximum atomic E-state index is 12.6. The molecular weight excluding hydrogens is 274 g/mol. The second-order valence-corrected chi connectivity index (χ2v) is 5.16.